The quantitative estimate of drug-likeness (QED) is 0.907. The van der Waals surface area contributed by atoms with Crippen molar-refractivity contribution < 1.29 is 9.84 Å². The van der Waals surface area contributed by atoms with E-state index in [1.165, 1.54) is 0 Å². The fraction of sp³-hybridized carbons (Fsp3) is 0.267. The van der Waals surface area contributed by atoms with E-state index < -0.39 is 6.10 Å². The molecule has 1 aromatic heterocycles. The van der Waals surface area contributed by atoms with Crippen molar-refractivity contribution in [1.82, 2.24) is 4.98 Å². The molecule has 1 N–H and O–H groups in total. The molecule has 1 heterocycles. The van der Waals surface area contributed by atoms with Crippen LogP contribution in [0.4, 0.5) is 0 Å². The first kappa shape index (κ1) is 13.8. The van der Waals surface area contributed by atoms with Crippen molar-refractivity contribution in [2.75, 3.05) is 0 Å². The maximum Gasteiger partial charge on any atom is 0.145 e. The molecule has 0 saturated carbocycles. The zero-order valence-corrected chi connectivity index (χ0v) is 11.7. The van der Waals surface area contributed by atoms with Gasteiger partial charge in [0, 0.05) is 5.02 Å². The van der Waals surface area contributed by atoms with Gasteiger partial charge in [-0.25, -0.2) is 0 Å². The highest BCUT2D eigenvalue weighted by Crippen LogP contribution is 2.28. The Bertz CT molecular complexity index is 555. The van der Waals surface area contributed by atoms with Gasteiger partial charge in [0.25, 0.3) is 0 Å². The average molecular weight is 278 g/mol. The van der Waals surface area contributed by atoms with Crippen LogP contribution >= 0.6 is 11.6 Å². The summed E-state index contributed by atoms with van der Waals surface area (Å²) in [7, 11) is 0. The number of rotatable bonds is 4. The third-order valence-electron chi connectivity index (χ3n) is 2.87. The van der Waals surface area contributed by atoms with Crippen molar-refractivity contribution in [2.24, 2.45) is 0 Å². The van der Waals surface area contributed by atoms with Crippen molar-refractivity contribution >= 4 is 11.6 Å². The van der Waals surface area contributed by atoms with Gasteiger partial charge in [-0.2, -0.15) is 0 Å². The summed E-state index contributed by atoms with van der Waals surface area (Å²) >= 11 is 5.94. The number of aliphatic hydroxyl groups is 1. The maximum atomic E-state index is 9.67. The van der Waals surface area contributed by atoms with Crippen LogP contribution in [0.1, 0.15) is 30.7 Å². The van der Waals surface area contributed by atoms with Gasteiger partial charge in [0.05, 0.1) is 18.0 Å². The van der Waals surface area contributed by atoms with Gasteiger partial charge >= 0.3 is 0 Å². The number of hydrogen-bond acceptors (Lipinski definition) is 3. The Hall–Kier alpha value is -1.58. The highest BCUT2D eigenvalue weighted by molar-refractivity contribution is 6.30. The third-order valence-corrected chi connectivity index (χ3v) is 3.10. The first-order valence-corrected chi connectivity index (χ1v) is 6.56. The Balaban J connectivity index is 2.17. The fourth-order valence-corrected chi connectivity index (χ4v) is 1.83. The highest BCUT2D eigenvalue weighted by atomic mass is 35.5. The second-order valence-corrected chi connectivity index (χ2v) is 4.79. The molecule has 2 aromatic rings. The van der Waals surface area contributed by atoms with E-state index in [0.29, 0.717) is 28.6 Å². The minimum Gasteiger partial charge on any atom is -0.455 e. The Kier molecular flexibility index (Phi) is 4.40. The van der Waals surface area contributed by atoms with Gasteiger partial charge in [-0.3, -0.25) is 4.98 Å². The maximum absolute atomic E-state index is 9.67. The summed E-state index contributed by atoms with van der Waals surface area (Å²) in [6, 6.07) is 9.06. The lowest BCUT2D eigenvalue weighted by Crippen LogP contribution is -1.98. The van der Waals surface area contributed by atoms with Crippen LogP contribution in [0.5, 0.6) is 11.5 Å². The zero-order valence-electron chi connectivity index (χ0n) is 10.9. The van der Waals surface area contributed by atoms with Gasteiger partial charge in [0.1, 0.15) is 11.5 Å². The molecule has 4 heteroatoms. The van der Waals surface area contributed by atoms with E-state index in [1.807, 2.05) is 26.0 Å². The molecule has 100 valence electrons. The molecule has 0 bridgehead atoms. The van der Waals surface area contributed by atoms with Gasteiger partial charge in [-0.05, 0) is 43.2 Å². The van der Waals surface area contributed by atoms with Crippen LogP contribution in [-0.2, 0) is 0 Å². The summed E-state index contributed by atoms with van der Waals surface area (Å²) in [6.07, 6.45) is 1.72. The minimum absolute atomic E-state index is 0.526. The SMILES string of the molecule is CC[C@H](O)c1ccc(Oc2cc(Cl)ccc2C)cn1. The van der Waals surface area contributed by atoms with Gasteiger partial charge in [-0.15, -0.1) is 0 Å². The lowest BCUT2D eigenvalue weighted by Gasteiger charge is -2.10. The summed E-state index contributed by atoms with van der Waals surface area (Å²) in [4.78, 5) is 4.19. The molecule has 0 spiro atoms. The van der Waals surface area contributed by atoms with Crippen molar-refractivity contribution in [3.8, 4) is 11.5 Å². The molecule has 0 fully saturated rings. The van der Waals surface area contributed by atoms with Gasteiger partial charge in [0.15, 0.2) is 0 Å². The van der Waals surface area contributed by atoms with Gasteiger partial charge in [-0.1, -0.05) is 24.6 Å². The van der Waals surface area contributed by atoms with E-state index in [4.69, 9.17) is 16.3 Å². The molecule has 2 rings (SSSR count). The molecule has 0 aliphatic carbocycles. The molecule has 0 unspecified atom stereocenters. The molecule has 1 atom stereocenters. The second kappa shape index (κ2) is 6.04. The number of ether oxygens (including phenoxy) is 1. The number of aromatic nitrogens is 1. The molecule has 19 heavy (non-hydrogen) atoms. The molecule has 0 aliphatic rings. The third kappa shape index (κ3) is 3.46. The van der Waals surface area contributed by atoms with E-state index >= 15 is 0 Å². The van der Waals surface area contributed by atoms with Crippen LogP contribution < -0.4 is 4.74 Å². The first-order chi connectivity index (χ1) is 9.10. The topological polar surface area (TPSA) is 42.4 Å². The van der Waals surface area contributed by atoms with Crippen LogP contribution in [0.25, 0.3) is 0 Å². The predicted molar refractivity (Wildman–Crippen MR) is 75.8 cm³/mol. The van der Waals surface area contributed by atoms with Crippen LogP contribution in [0, 0.1) is 6.92 Å². The second-order valence-electron chi connectivity index (χ2n) is 4.35. The Labute approximate surface area is 117 Å². The largest absolute Gasteiger partial charge is 0.455 e. The van der Waals surface area contributed by atoms with Crippen LogP contribution in [0.2, 0.25) is 5.02 Å². The van der Waals surface area contributed by atoms with Crippen LogP contribution in [0.3, 0.4) is 0 Å². The minimum atomic E-state index is -0.526. The van der Waals surface area contributed by atoms with E-state index in [0.717, 1.165) is 5.56 Å². The molecule has 3 nitrogen and oxygen atoms in total. The first-order valence-electron chi connectivity index (χ1n) is 6.18. The number of hydrogen-bond donors (Lipinski definition) is 1. The van der Waals surface area contributed by atoms with Crippen LogP contribution in [0.15, 0.2) is 36.5 Å². The van der Waals surface area contributed by atoms with Crippen molar-refractivity contribution in [1.29, 1.82) is 0 Å². The number of pyridine rings is 1. The number of nitrogens with zero attached hydrogens (tertiary/aromatic N) is 1. The fourth-order valence-electron chi connectivity index (χ4n) is 1.67. The van der Waals surface area contributed by atoms with E-state index in [1.54, 1.807) is 24.4 Å². The number of aliphatic hydroxyl groups excluding tert-OH is 1. The standard InChI is InChI=1S/C15H16ClNO2/c1-3-14(18)13-7-6-12(9-17-13)19-15-8-11(16)5-4-10(15)2/h4-9,14,18H,3H2,1-2H3/t14-/m0/s1. The molecule has 0 saturated heterocycles. The number of halogens is 1. The van der Waals surface area contributed by atoms with E-state index in [9.17, 15) is 5.11 Å². The molecule has 0 radical (unpaired) electrons. The monoisotopic (exact) mass is 277 g/mol. The van der Waals surface area contributed by atoms with Gasteiger partial charge in [0.2, 0.25) is 0 Å². The van der Waals surface area contributed by atoms with Crippen molar-refractivity contribution in [2.45, 2.75) is 26.4 Å². The summed E-state index contributed by atoms with van der Waals surface area (Å²) in [5.74, 6) is 1.33. The van der Waals surface area contributed by atoms with Crippen molar-refractivity contribution in [3.63, 3.8) is 0 Å². The molecular formula is C15H16ClNO2. The zero-order chi connectivity index (χ0) is 13.8. The summed E-state index contributed by atoms with van der Waals surface area (Å²) in [5, 5.41) is 10.3. The number of benzene rings is 1. The molecule has 0 amide bonds. The molecule has 0 aliphatic heterocycles. The Morgan fingerprint density at radius 1 is 1.32 bits per heavy atom. The summed E-state index contributed by atoms with van der Waals surface area (Å²) < 4.78 is 5.73. The Morgan fingerprint density at radius 3 is 2.74 bits per heavy atom. The predicted octanol–water partition coefficient (Wildman–Crippen LogP) is 4.28. The lowest BCUT2D eigenvalue weighted by atomic mass is 10.2. The van der Waals surface area contributed by atoms with Crippen LogP contribution in [-0.4, -0.2) is 10.1 Å². The lowest BCUT2D eigenvalue weighted by molar-refractivity contribution is 0.169. The highest BCUT2D eigenvalue weighted by Gasteiger charge is 2.07. The normalized spacial score (nSPS) is 12.2. The number of aryl methyl sites for hydroxylation is 1. The van der Waals surface area contributed by atoms with E-state index in [2.05, 4.69) is 4.98 Å². The molecular weight excluding hydrogens is 262 g/mol. The summed E-state index contributed by atoms with van der Waals surface area (Å²) in [6.45, 7) is 3.86. The van der Waals surface area contributed by atoms with E-state index in [-0.39, 0.29) is 0 Å². The Morgan fingerprint density at radius 2 is 2.11 bits per heavy atom. The van der Waals surface area contributed by atoms with Gasteiger partial charge < -0.3 is 9.84 Å². The average Bonchev–Trinajstić information content (AvgIpc) is 2.43. The summed E-state index contributed by atoms with van der Waals surface area (Å²) in [5.41, 5.74) is 1.65. The van der Waals surface area contributed by atoms with Crippen molar-refractivity contribution in [3.05, 3.63) is 52.8 Å². The molecule has 1 aromatic carbocycles. The smallest absolute Gasteiger partial charge is 0.145 e.